The van der Waals surface area contributed by atoms with E-state index in [1.54, 1.807) is 6.08 Å². The molecule has 1 aliphatic rings. The molecule has 1 saturated heterocycles. The van der Waals surface area contributed by atoms with E-state index in [0.29, 0.717) is 19.6 Å². The van der Waals surface area contributed by atoms with Crippen molar-refractivity contribution in [3.63, 3.8) is 0 Å². The van der Waals surface area contributed by atoms with E-state index >= 15 is 0 Å². The lowest BCUT2D eigenvalue weighted by atomic mass is 10.2. The van der Waals surface area contributed by atoms with Crippen LogP contribution in [0.15, 0.2) is 12.7 Å². The molecule has 0 saturated carbocycles. The number of carboxylic acids is 1. The summed E-state index contributed by atoms with van der Waals surface area (Å²) < 4.78 is 10.5. The normalized spacial score (nSPS) is 26.3. The number of carbonyl (C=O) groups is 1. The third kappa shape index (κ3) is 3.47. The molecule has 0 aromatic rings. The molecule has 80 valence electrons. The predicted molar refractivity (Wildman–Crippen MR) is 51.2 cm³/mol. The van der Waals surface area contributed by atoms with Crippen molar-refractivity contribution >= 4 is 5.97 Å². The van der Waals surface area contributed by atoms with Crippen molar-refractivity contribution in [1.29, 1.82) is 0 Å². The van der Waals surface area contributed by atoms with Gasteiger partial charge in [-0.05, 0) is 19.3 Å². The second-order valence-electron chi connectivity index (χ2n) is 3.31. The molecular weight excluding hydrogens is 184 g/mol. The van der Waals surface area contributed by atoms with E-state index in [1.165, 1.54) is 0 Å². The zero-order valence-electron chi connectivity index (χ0n) is 8.15. The van der Waals surface area contributed by atoms with E-state index in [-0.39, 0.29) is 6.10 Å². The maximum absolute atomic E-state index is 10.5. The number of hydrogen-bond acceptors (Lipinski definition) is 3. The Morgan fingerprint density at radius 1 is 1.64 bits per heavy atom. The molecule has 1 fully saturated rings. The highest BCUT2D eigenvalue weighted by molar-refractivity contribution is 5.72. The van der Waals surface area contributed by atoms with Crippen molar-refractivity contribution in [3.05, 3.63) is 12.7 Å². The summed E-state index contributed by atoms with van der Waals surface area (Å²) in [5.74, 6) is -0.876. The van der Waals surface area contributed by atoms with Crippen LogP contribution in [0.4, 0.5) is 0 Å². The van der Waals surface area contributed by atoms with Crippen molar-refractivity contribution in [3.8, 4) is 0 Å². The highest BCUT2D eigenvalue weighted by Crippen LogP contribution is 2.19. The maximum atomic E-state index is 10.5. The Balaban J connectivity index is 2.10. The van der Waals surface area contributed by atoms with Gasteiger partial charge in [0.25, 0.3) is 0 Å². The minimum atomic E-state index is -0.876. The van der Waals surface area contributed by atoms with Gasteiger partial charge in [0, 0.05) is 0 Å². The van der Waals surface area contributed by atoms with Crippen LogP contribution in [0.2, 0.25) is 0 Å². The molecular formula is C10H16O4. The molecule has 2 atom stereocenters. The standard InChI is InChI=1S/C10H16O4/c1-2-3-6-13-7-8-4-5-9(14-8)10(11)12/h2,8-9H,1,3-7H2,(H,11,12). The number of aliphatic carboxylic acids is 1. The quantitative estimate of drug-likeness (QED) is 0.517. The molecule has 0 aliphatic carbocycles. The Bertz CT molecular complexity index is 202. The zero-order valence-corrected chi connectivity index (χ0v) is 8.15. The molecule has 4 nitrogen and oxygen atoms in total. The Morgan fingerprint density at radius 2 is 2.43 bits per heavy atom. The number of hydrogen-bond donors (Lipinski definition) is 1. The van der Waals surface area contributed by atoms with Gasteiger partial charge in [0.2, 0.25) is 0 Å². The van der Waals surface area contributed by atoms with Crippen LogP contribution in [0.5, 0.6) is 0 Å². The molecule has 2 unspecified atom stereocenters. The van der Waals surface area contributed by atoms with Crippen molar-refractivity contribution in [2.24, 2.45) is 0 Å². The average Bonchev–Trinajstić information content (AvgIpc) is 2.61. The summed E-state index contributed by atoms with van der Waals surface area (Å²) in [6.07, 6.45) is 3.27. The van der Waals surface area contributed by atoms with E-state index in [4.69, 9.17) is 14.6 Å². The Labute approximate surface area is 83.5 Å². The SMILES string of the molecule is C=CCCOCC1CCC(C(=O)O)O1. The highest BCUT2D eigenvalue weighted by Gasteiger charge is 2.30. The van der Waals surface area contributed by atoms with Gasteiger partial charge in [0.1, 0.15) is 0 Å². The summed E-state index contributed by atoms with van der Waals surface area (Å²) >= 11 is 0. The van der Waals surface area contributed by atoms with Gasteiger partial charge in [0.15, 0.2) is 6.10 Å². The van der Waals surface area contributed by atoms with Crippen LogP contribution in [-0.4, -0.2) is 36.5 Å². The molecule has 1 aliphatic heterocycles. The van der Waals surface area contributed by atoms with Gasteiger partial charge >= 0.3 is 5.97 Å². The lowest BCUT2D eigenvalue weighted by Crippen LogP contribution is -2.22. The van der Waals surface area contributed by atoms with Crippen LogP contribution in [0.1, 0.15) is 19.3 Å². The third-order valence-corrected chi connectivity index (χ3v) is 2.15. The molecule has 0 spiro atoms. The molecule has 14 heavy (non-hydrogen) atoms. The Morgan fingerprint density at radius 3 is 3.00 bits per heavy atom. The molecule has 0 aromatic carbocycles. The Kier molecular flexibility index (Phi) is 4.62. The lowest BCUT2D eigenvalue weighted by molar-refractivity contribution is -0.150. The number of carboxylic acid groups (broad SMARTS) is 1. The van der Waals surface area contributed by atoms with E-state index in [1.807, 2.05) is 0 Å². The lowest BCUT2D eigenvalue weighted by Gasteiger charge is -2.10. The fourth-order valence-corrected chi connectivity index (χ4v) is 1.39. The summed E-state index contributed by atoms with van der Waals surface area (Å²) in [6.45, 7) is 4.69. The minimum absolute atomic E-state index is 0.0547. The third-order valence-electron chi connectivity index (χ3n) is 2.15. The molecule has 0 bridgehead atoms. The van der Waals surface area contributed by atoms with Gasteiger partial charge in [-0.2, -0.15) is 0 Å². The first-order valence-electron chi connectivity index (χ1n) is 4.81. The second kappa shape index (κ2) is 5.78. The summed E-state index contributed by atoms with van der Waals surface area (Å²) in [6, 6.07) is 0. The molecule has 4 heteroatoms. The van der Waals surface area contributed by atoms with E-state index in [9.17, 15) is 4.79 Å². The number of rotatable bonds is 6. The van der Waals surface area contributed by atoms with Crippen LogP contribution < -0.4 is 0 Å². The van der Waals surface area contributed by atoms with Gasteiger partial charge < -0.3 is 14.6 Å². The summed E-state index contributed by atoms with van der Waals surface area (Å²) in [4.78, 5) is 10.5. The average molecular weight is 200 g/mol. The van der Waals surface area contributed by atoms with Gasteiger partial charge in [-0.3, -0.25) is 0 Å². The predicted octanol–water partition coefficient (Wildman–Crippen LogP) is 1.21. The van der Waals surface area contributed by atoms with Crippen LogP contribution in [-0.2, 0) is 14.3 Å². The van der Waals surface area contributed by atoms with Crippen LogP contribution in [0.25, 0.3) is 0 Å². The molecule has 0 radical (unpaired) electrons. The maximum Gasteiger partial charge on any atom is 0.332 e. The first kappa shape index (κ1) is 11.2. The summed E-state index contributed by atoms with van der Waals surface area (Å²) in [5.41, 5.74) is 0. The van der Waals surface area contributed by atoms with Crippen LogP contribution in [0, 0.1) is 0 Å². The second-order valence-corrected chi connectivity index (χ2v) is 3.31. The first-order chi connectivity index (χ1) is 6.74. The van der Waals surface area contributed by atoms with Crippen LogP contribution in [0.3, 0.4) is 0 Å². The molecule has 1 rings (SSSR count). The van der Waals surface area contributed by atoms with Crippen molar-refractivity contribution < 1.29 is 19.4 Å². The fraction of sp³-hybridized carbons (Fsp3) is 0.700. The van der Waals surface area contributed by atoms with E-state index in [0.717, 1.165) is 12.8 Å². The number of ether oxygens (including phenoxy) is 2. The molecule has 1 heterocycles. The fourth-order valence-electron chi connectivity index (χ4n) is 1.39. The first-order valence-corrected chi connectivity index (χ1v) is 4.81. The van der Waals surface area contributed by atoms with Gasteiger partial charge in [0.05, 0.1) is 19.3 Å². The van der Waals surface area contributed by atoms with Gasteiger partial charge in [-0.15, -0.1) is 6.58 Å². The molecule has 1 N–H and O–H groups in total. The largest absolute Gasteiger partial charge is 0.479 e. The smallest absolute Gasteiger partial charge is 0.332 e. The molecule has 0 aromatic heterocycles. The summed E-state index contributed by atoms with van der Waals surface area (Å²) in [7, 11) is 0. The minimum Gasteiger partial charge on any atom is -0.479 e. The topological polar surface area (TPSA) is 55.8 Å². The van der Waals surface area contributed by atoms with Crippen molar-refractivity contribution in [2.45, 2.75) is 31.5 Å². The zero-order chi connectivity index (χ0) is 10.4. The van der Waals surface area contributed by atoms with Gasteiger partial charge in [-0.1, -0.05) is 6.08 Å². The van der Waals surface area contributed by atoms with Gasteiger partial charge in [-0.25, -0.2) is 4.79 Å². The summed E-state index contributed by atoms with van der Waals surface area (Å²) in [5, 5.41) is 8.66. The van der Waals surface area contributed by atoms with E-state index < -0.39 is 12.1 Å². The monoisotopic (exact) mass is 200 g/mol. The Hall–Kier alpha value is -0.870. The van der Waals surface area contributed by atoms with Crippen molar-refractivity contribution in [1.82, 2.24) is 0 Å². The van der Waals surface area contributed by atoms with Crippen molar-refractivity contribution in [2.75, 3.05) is 13.2 Å². The molecule has 0 amide bonds. The van der Waals surface area contributed by atoms with Crippen LogP contribution >= 0.6 is 0 Å². The van der Waals surface area contributed by atoms with E-state index in [2.05, 4.69) is 6.58 Å². The highest BCUT2D eigenvalue weighted by atomic mass is 16.6.